The van der Waals surface area contributed by atoms with Crippen LogP contribution >= 0.6 is 0 Å². The lowest BCUT2D eigenvalue weighted by Crippen LogP contribution is -2.49. The van der Waals surface area contributed by atoms with E-state index < -0.39 is 5.60 Å². The Bertz CT molecular complexity index is 721. The minimum atomic E-state index is -0.456. The van der Waals surface area contributed by atoms with Crippen molar-refractivity contribution >= 4 is 18.7 Å². The molecule has 2 heterocycles. The van der Waals surface area contributed by atoms with Crippen LogP contribution in [0.15, 0.2) is 24.3 Å². The zero-order valence-electron chi connectivity index (χ0n) is 18.9. The molecule has 0 atom stereocenters. The Hall–Kier alpha value is -1.57. The van der Waals surface area contributed by atoms with Gasteiger partial charge in [-0.15, -0.1) is 0 Å². The van der Waals surface area contributed by atoms with Gasteiger partial charge in [0.25, 0.3) is 0 Å². The summed E-state index contributed by atoms with van der Waals surface area (Å²) in [6.07, 6.45) is -0.222. The van der Waals surface area contributed by atoms with Crippen LogP contribution in [0.4, 0.5) is 4.79 Å². The fraction of sp³-hybridized carbons (Fsp3) is 0.682. The lowest BCUT2D eigenvalue weighted by atomic mass is 9.78. The van der Waals surface area contributed by atoms with Crippen LogP contribution in [0.2, 0.25) is 0 Å². The third kappa shape index (κ3) is 5.33. The van der Waals surface area contributed by atoms with Crippen LogP contribution in [0.1, 0.15) is 54.0 Å². The van der Waals surface area contributed by atoms with Gasteiger partial charge in [0.05, 0.1) is 11.2 Å². The molecule has 1 aromatic carbocycles. The van der Waals surface area contributed by atoms with E-state index in [0.29, 0.717) is 13.1 Å². The van der Waals surface area contributed by atoms with Gasteiger partial charge in [-0.1, -0.05) is 24.3 Å². The van der Waals surface area contributed by atoms with E-state index in [1.807, 2.05) is 20.8 Å². The van der Waals surface area contributed by atoms with Crippen molar-refractivity contribution < 1.29 is 18.8 Å². The van der Waals surface area contributed by atoms with Gasteiger partial charge in [-0.2, -0.15) is 0 Å². The van der Waals surface area contributed by atoms with Crippen LogP contribution in [0.3, 0.4) is 0 Å². The maximum atomic E-state index is 12.2. The Morgan fingerprint density at radius 3 is 2.21 bits per heavy atom. The fourth-order valence-corrected chi connectivity index (χ4v) is 3.49. The van der Waals surface area contributed by atoms with Crippen molar-refractivity contribution in [1.82, 2.24) is 9.80 Å². The van der Waals surface area contributed by atoms with Gasteiger partial charge in [0, 0.05) is 32.7 Å². The summed E-state index contributed by atoms with van der Waals surface area (Å²) in [5, 5.41) is 0. The maximum absolute atomic E-state index is 12.2. The molecule has 3 rings (SSSR count). The Balaban J connectivity index is 1.56. The smallest absolute Gasteiger partial charge is 0.444 e. The first-order valence-electron chi connectivity index (χ1n) is 10.5. The Morgan fingerprint density at radius 1 is 1.07 bits per heavy atom. The minimum Gasteiger partial charge on any atom is -0.444 e. The highest BCUT2D eigenvalue weighted by Gasteiger charge is 2.51. The van der Waals surface area contributed by atoms with Crippen LogP contribution in [0, 0.1) is 0 Å². The normalized spacial score (nSPS) is 22.0. The fourth-order valence-electron chi connectivity index (χ4n) is 3.49. The molecule has 2 saturated heterocycles. The summed E-state index contributed by atoms with van der Waals surface area (Å²) in [6, 6.07) is 8.43. The van der Waals surface area contributed by atoms with Crippen LogP contribution in [-0.4, -0.2) is 66.0 Å². The van der Waals surface area contributed by atoms with Crippen molar-refractivity contribution in [2.45, 2.75) is 71.8 Å². The molecular weight excluding hydrogens is 367 g/mol. The average Bonchev–Trinajstić information content (AvgIpc) is 2.82. The number of amides is 1. The number of benzene rings is 1. The van der Waals surface area contributed by atoms with E-state index in [4.69, 9.17) is 14.0 Å². The number of piperazine rings is 1. The molecule has 6 nitrogen and oxygen atoms in total. The van der Waals surface area contributed by atoms with Gasteiger partial charge < -0.3 is 18.9 Å². The zero-order chi connectivity index (χ0) is 21.4. The molecule has 2 aliphatic rings. The molecule has 0 saturated carbocycles. The summed E-state index contributed by atoms with van der Waals surface area (Å²) in [7, 11) is -0.344. The highest BCUT2D eigenvalue weighted by Crippen LogP contribution is 2.36. The molecule has 0 spiro atoms. The van der Waals surface area contributed by atoms with Crippen LogP contribution in [0.5, 0.6) is 0 Å². The van der Waals surface area contributed by atoms with E-state index in [9.17, 15) is 4.79 Å². The third-order valence-electron chi connectivity index (χ3n) is 5.91. The summed E-state index contributed by atoms with van der Waals surface area (Å²) in [6.45, 7) is 17.9. The Labute approximate surface area is 175 Å². The Kier molecular flexibility index (Phi) is 6.05. The first-order chi connectivity index (χ1) is 13.4. The summed E-state index contributed by atoms with van der Waals surface area (Å²) < 4.78 is 17.8. The van der Waals surface area contributed by atoms with Crippen molar-refractivity contribution in [3.8, 4) is 0 Å². The molecule has 0 radical (unpaired) electrons. The number of hydrogen-bond acceptors (Lipinski definition) is 5. The van der Waals surface area contributed by atoms with Crippen molar-refractivity contribution in [2.75, 3.05) is 26.2 Å². The van der Waals surface area contributed by atoms with Crippen molar-refractivity contribution in [3.05, 3.63) is 29.8 Å². The summed E-state index contributed by atoms with van der Waals surface area (Å²) in [5.74, 6) is 0. The molecule has 0 bridgehead atoms. The molecule has 0 aromatic heterocycles. The number of ether oxygens (including phenoxy) is 1. The quantitative estimate of drug-likeness (QED) is 0.728. The van der Waals surface area contributed by atoms with Gasteiger partial charge >= 0.3 is 13.2 Å². The predicted octanol–water partition coefficient (Wildman–Crippen LogP) is 3.04. The molecule has 0 N–H and O–H groups in total. The monoisotopic (exact) mass is 402 g/mol. The largest absolute Gasteiger partial charge is 0.494 e. The van der Waals surface area contributed by atoms with Crippen molar-refractivity contribution in [2.24, 2.45) is 0 Å². The molecule has 1 amide bonds. The van der Waals surface area contributed by atoms with Gasteiger partial charge in [0.1, 0.15) is 5.60 Å². The molecule has 160 valence electrons. The van der Waals surface area contributed by atoms with Gasteiger partial charge in [0.15, 0.2) is 0 Å². The van der Waals surface area contributed by atoms with Crippen LogP contribution in [-0.2, 0) is 20.6 Å². The van der Waals surface area contributed by atoms with Gasteiger partial charge in [-0.25, -0.2) is 4.79 Å². The molecular formula is C22H35BN2O4. The van der Waals surface area contributed by atoms with E-state index in [1.54, 1.807) is 4.90 Å². The molecule has 2 aliphatic heterocycles. The lowest BCUT2D eigenvalue weighted by molar-refractivity contribution is 0.00578. The topological polar surface area (TPSA) is 51.2 Å². The number of hydrogen-bond donors (Lipinski definition) is 0. The highest BCUT2D eigenvalue weighted by molar-refractivity contribution is 6.62. The van der Waals surface area contributed by atoms with Gasteiger partial charge in [0.2, 0.25) is 0 Å². The van der Waals surface area contributed by atoms with E-state index in [1.165, 1.54) is 5.56 Å². The van der Waals surface area contributed by atoms with Gasteiger partial charge in [-0.3, -0.25) is 4.90 Å². The second-order valence-electron chi connectivity index (χ2n) is 10.1. The minimum absolute atomic E-state index is 0.222. The Morgan fingerprint density at radius 2 is 1.66 bits per heavy atom. The van der Waals surface area contributed by atoms with Crippen molar-refractivity contribution in [1.29, 1.82) is 0 Å². The summed E-state index contributed by atoms with van der Waals surface area (Å²) in [4.78, 5) is 16.4. The van der Waals surface area contributed by atoms with Crippen LogP contribution < -0.4 is 5.46 Å². The van der Waals surface area contributed by atoms with Gasteiger partial charge in [-0.05, 0) is 59.5 Å². The van der Waals surface area contributed by atoms with E-state index in [0.717, 1.165) is 25.1 Å². The van der Waals surface area contributed by atoms with E-state index in [-0.39, 0.29) is 24.4 Å². The first kappa shape index (κ1) is 22.1. The third-order valence-corrected chi connectivity index (χ3v) is 5.91. The SMILES string of the molecule is CC(C)(C)OC(=O)N1CCN(Cc2cccc(B3OC(C)(C)C(C)(C)O3)c2)CC1. The maximum Gasteiger partial charge on any atom is 0.494 e. The molecule has 29 heavy (non-hydrogen) atoms. The average molecular weight is 402 g/mol. The molecule has 1 aromatic rings. The standard InChI is InChI=1S/C22H35BN2O4/c1-20(2,3)27-19(26)25-13-11-24(12-14-25)16-17-9-8-10-18(15-17)23-28-21(4,5)22(6,7)29-23/h8-10,15H,11-14,16H2,1-7H3. The lowest BCUT2D eigenvalue weighted by Gasteiger charge is -2.35. The summed E-state index contributed by atoms with van der Waals surface area (Å²) in [5.41, 5.74) is 1.14. The molecule has 2 fully saturated rings. The number of nitrogens with zero attached hydrogens (tertiary/aromatic N) is 2. The predicted molar refractivity (Wildman–Crippen MR) is 115 cm³/mol. The molecule has 0 unspecified atom stereocenters. The second-order valence-corrected chi connectivity index (χ2v) is 10.1. The van der Waals surface area contributed by atoms with Crippen LogP contribution in [0.25, 0.3) is 0 Å². The highest BCUT2D eigenvalue weighted by atomic mass is 16.7. The number of carbonyl (C=O) groups is 1. The molecule has 0 aliphatic carbocycles. The first-order valence-corrected chi connectivity index (χ1v) is 10.5. The number of carbonyl (C=O) groups excluding carboxylic acids is 1. The van der Waals surface area contributed by atoms with Crippen molar-refractivity contribution in [3.63, 3.8) is 0 Å². The van der Waals surface area contributed by atoms with E-state index in [2.05, 4.69) is 56.9 Å². The summed E-state index contributed by atoms with van der Waals surface area (Å²) >= 11 is 0. The second kappa shape index (κ2) is 7.93. The van der Waals surface area contributed by atoms with E-state index >= 15 is 0 Å². The zero-order valence-corrected chi connectivity index (χ0v) is 18.9. The number of rotatable bonds is 3. The molecule has 7 heteroatoms.